The monoisotopic (exact) mass is 468 g/mol. The lowest BCUT2D eigenvalue weighted by molar-refractivity contribution is -0.118. The molecule has 3 aromatic rings. The number of nitrogens with zero attached hydrogens (tertiary/aromatic N) is 6. The molecular formula is C20H20N8O6. The Balaban J connectivity index is 1.11. The molecule has 14 heteroatoms. The van der Waals surface area contributed by atoms with E-state index in [1.165, 1.54) is 21.9 Å². The van der Waals surface area contributed by atoms with Crippen molar-refractivity contribution in [3.8, 4) is 11.8 Å². The van der Waals surface area contributed by atoms with Crippen molar-refractivity contribution < 1.29 is 23.8 Å². The normalized spacial score (nSPS) is 17.2. The molecule has 0 saturated carbocycles. The number of hydrogen-bond donors (Lipinski definition) is 2. The first-order chi connectivity index (χ1) is 16.5. The fraction of sp³-hybridized carbons (Fsp3) is 0.350. The molecule has 0 aromatic carbocycles. The van der Waals surface area contributed by atoms with Crippen molar-refractivity contribution in [3.63, 3.8) is 0 Å². The van der Waals surface area contributed by atoms with Crippen LogP contribution in [0.15, 0.2) is 29.3 Å². The number of ether oxygens (including phenoxy) is 3. The number of rotatable bonds is 7. The number of nitrogens with one attached hydrogen (secondary N) is 2. The van der Waals surface area contributed by atoms with Crippen LogP contribution in [0.5, 0.6) is 11.8 Å². The smallest absolute Gasteiger partial charge is 0.416 e. The molecule has 0 radical (unpaired) electrons. The Hall–Kier alpha value is -4.33. The summed E-state index contributed by atoms with van der Waals surface area (Å²) in [4.78, 5) is 53.5. The van der Waals surface area contributed by atoms with E-state index in [9.17, 15) is 14.4 Å². The number of carbonyl (C=O) groups excluding carboxylic acids is 2. The van der Waals surface area contributed by atoms with Crippen LogP contribution in [0.3, 0.4) is 0 Å². The van der Waals surface area contributed by atoms with E-state index >= 15 is 0 Å². The average molecular weight is 468 g/mol. The lowest BCUT2D eigenvalue weighted by atomic mass is 10.3. The van der Waals surface area contributed by atoms with Gasteiger partial charge in [0, 0.05) is 26.2 Å². The molecule has 3 aromatic heterocycles. The van der Waals surface area contributed by atoms with E-state index in [-0.39, 0.29) is 42.1 Å². The van der Waals surface area contributed by atoms with Crippen molar-refractivity contribution in [2.24, 2.45) is 7.05 Å². The molecule has 2 N–H and O–H groups in total. The summed E-state index contributed by atoms with van der Waals surface area (Å²) in [7, 11) is 1.62. The molecule has 5 rings (SSSR count). The molecule has 34 heavy (non-hydrogen) atoms. The maximum Gasteiger partial charge on any atom is 0.416 e. The first-order valence-corrected chi connectivity index (χ1v) is 10.4. The van der Waals surface area contributed by atoms with Gasteiger partial charge in [-0.15, -0.1) is 0 Å². The highest BCUT2D eigenvalue weighted by molar-refractivity contribution is 5.94. The first-order valence-electron chi connectivity index (χ1n) is 10.4. The van der Waals surface area contributed by atoms with Gasteiger partial charge >= 0.3 is 6.09 Å². The molecule has 1 fully saturated rings. The van der Waals surface area contributed by atoms with Crippen molar-refractivity contribution in [2.75, 3.05) is 43.1 Å². The number of cyclic esters (lactones) is 1. The molecule has 0 bridgehead atoms. The highest BCUT2D eigenvalue weighted by Crippen LogP contribution is 2.27. The van der Waals surface area contributed by atoms with Gasteiger partial charge in [0.15, 0.2) is 23.9 Å². The molecule has 2 aliphatic heterocycles. The summed E-state index contributed by atoms with van der Waals surface area (Å²) in [6.07, 6.45) is 1.68. The molecule has 0 spiro atoms. The minimum Gasteiger partial charge on any atom is -0.476 e. The molecule has 1 atom stereocenters. The van der Waals surface area contributed by atoms with Crippen molar-refractivity contribution in [2.45, 2.75) is 6.10 Å². The van der Waals surface area contributed by atoms with Crippen LogP contribution in [-0.4, -0.2) is 75.5 Å². The van der Waals surface area contributed by atoms with Crippen molar-refractivity contribution in [3.05, 3.63) is 34.9 Å². The van der Waals surface area contributed by atoms with Crippen LogP contribution in [-0.2, 0) is 16.6 Å². The van der Waals surface area contributed by atoms with Crippen LogP contribution in [0.4, 0.5) is 16.4 Å². The van der Waals surface area contributed by atoms with Crippen molar-refractivity contribution in [1.29, 1.82) is 0 Å². The lowest BCUT2D eigenvalue weighted by Crippen LogP contribution is -2.33. The van der Waals surface area contributed by atoms with Gasteiger partial charge in [0.2, 0.25) is 5.88 Å². The summed E-state index contributed by atoms with van der Waals surface area (Å²) in [6.45, 7) is 1.32. The Morgan fingerprint density at radius 3 is 2.97 bits per heavy atom. The van der Waals surface area contributed by atoms with E-state index < -0.39 is 12.2 Å². The largest absolute Gasteiger partial charge is 0.476 e. The third-order valence-corrected chi connectivity index (χ3v) is 5.17. The summed E-state index contributed by atoms with van der Waals surface area (Å²) >= 11 is 0. The summed E-state index contributed by atoms with van der Waals surface area (Å²) in [5.41, 5.74) is 0.782. The molecule has 2 amide bonds. The molecule has 176 valence electrons. The van der Waals surface area contributed by atoms with E-state index in [1.807, 2.05) is 0 Å². The Morgan fingerprint density at radius 1 is 1.21 bits per heavy atom. The number of hydrogen-bond acceptors (Lipinski definition) is 11. The van der Waals surface area contributed by atoms with Crippen LogP contribution in [0.1, 0.15) is 0 Å². The predicted molar refractivity (Wildman–Crippen MR) is 117 cm³/mol. The van der Waals surface area contributed by atoms with Gasteiger partial charge in [-0.1, -0.05) is 0 Å². The minimum absolute atomic E-state index is 0.127. The fourth-order valence-corrected chi connectivity index (χ4v) is 3.46. The number of aromatic nitrogens is 5. The third kappa shape index (κ3) is 4.30. The summed E-state index contributed by atoms with van der Waals surface area (Å²) < 4.78 is 17.6. The second-order valence-corrected chi connectivity index (χ2v) is 7.54. The van der Waals surface area contributed by atoms with Gasteiger partial charge in [0.05, 0.1) is 18.9 Å². The van der Waals surface area contributed by atoms with Gasteiger partial charge in [0.1, 0.15) is 18.2 Å². The summed E-state index contributed by atoms with van der Waals surface area (Å²) in [5, 5.41) is 5.73. The van der Waals surface area contributed by atoms with Gasteiger partial charge in [-0.25, -0.2) is 19.7 Å². The quantitative estimate of drug-likeness (QED) is 0.428. The van der Waals surface area contributed by atoms with E-state index in [2.05, 4.69) is 30.6 Å². The van der Waals surface area contributed by atoms with Gasteiger partial charge in [0.25, 0.3) is 17.3 Å². The van der Waals surface area contributed by atoms with Gasteiger partial charge in [-0.2, -0.15) is 4.98 Å². The number of pyridine rings is 1. The fourth-order valence-electron chi connectivity index (χ4n) is 3.46. The van der Waals surface area contributed by atoms with Crippen LogP contribution >= 0.6 is 0 Å². The highest BCUT2D eigenvalue weighted by Gasteiger charge is 2.34. The Morgan fingerprint density at radius 2 is 2.09 bits per heavy atom. The van der Waals surface area contributed by atoms with Gasteiger partial charge < -0.3 is 24.8 Å². The number of aryl methyl sites for hydroxylation is 1. The van der Waals surface area contributed by atoms with Gasteiger partial charge in [-0.3, -0.25) is 19.1 Å². The van der Waals surface area contributed by atoms with Crippen molar-refractivity contribution >= 4 is 34.8 Å². The second-order valence-electron chi connectivity index (χ2n) is 7.54. The van der Waals surface area contributed by atoms with E-state index in [1.54, 1.807) is 19.2 Å². The lowest BCUT2D eigenvalue weighted by Gasteiger charge is -2.18. The highest BCUT2D eigenvalue weighted by atomic mass is 16.6. The van der Waals surface area contributed by atoms with Crippen molar-refractivity contribution in [1.82, 2.24) is 29.8 Å². The number of anilines is 2. The third-order valence-electron chi connectivity index (χ3n) is 5.17. The van der Waals surface area contributed by atoms with E-state index in [0.29, 0.717) is 36.7 Å². The van der Waals surface area contributed by atoms with Gasteiger partial charge in [-0.05, 0) is 6.07 Å². The number of amides is 2. The maximum atomic E-state index is 12.3. The standard InChI is InChI=1S/C20H20N8O6/c1-27-16(30)8-22-12-2-3-15(26-18(12)27)32-5-4-21-6-11-9-28(20(31)34-11)13-7-23-19-17(24-13)25-14(29)10-33-19/h2-3,7-8,11,21H,4-6,9-10H2,1H3,(H,24,25,29)/t11-/m1/s1. The second kappa shape index (κ2) is 8.90. The zero-order valence-corrected chi connectivity index (χ0v) is 18.1. The van der Waals surface area contributed by atoms with Crippen LogP contribution in [0, 0.1) is 0 Å². The molecule has 5 heterocycles. The molecule has 1 saturated heterocycles. The minimum atomic E-state index is -0.556. The molecule has 2 aliphatic rings. The SMILES string of the molecule is Cn1c(=O)cnc2ccc(OCCNC[C@@H]3CN(c4cnc5c(n4)NC(=O)CO5)C(=O)O3)nc21. The van der Waals surface area contributed by atoms with E-state index in [4.69, 9.17) is 14.2 Å². The Kier molecular flexibility index (Phi) is 5.63. The van der Waals surface area contributed by atoms with Crippen LogP contribution in [0.2, 0.25) is 0 Å². The summed E-state index contributed by atoms with van der Waals surface area (Å²) in [5.74, 6) is 0.656. The average Bonchev–Trinajstić information content (AvgIpc) is 3.21. The summed E-state index contributed by atoms with van der Waals surface area (Å²) in [6, 6.07) is 3.42. The van der Waals surface area contributed by atoms with E-state index in [0.717, 1.165) is 0 Å². The topological polar surface area (TPSA) is 163 Å². The molecule has 0 aliphatic carbocycles. The van der Waals surface area contributed by atoms with Crippen LogP contribution in [0.25, 0.3) is 11.2 Å². The Labute approximate surface area is 191 Å². The number of carbonyl (C=O) groups is 2. The van der Waals surface area contributed by atoms with Crippen LogP contribution < -0.4 is 30.6 Å². The molecular weight excluding hydrogens is 448 g/mol. The predicted octanol–water partition coefficient (Wildman–Crippen LogP) is -0.557. The zero-order valence-electron chi connectivity index (χ0n) is 18.1. The molecule has 0 unspecified atom stereocenters. The Bertz CT molecular complexity index is 1330. The number of fused-ring (bicyclic) bond motifs is 2. The zero-order chi connectivity index (χ0) is 23.7. The molecule has 14 nitrogen and oxygen atoms in total. The maximum absolute atomic E-state index is 12.3. The first kappa shape index (κ1) is 21.5.